The summed E-state index contributed by atoms with van der Waals surface area (Å²) in [5.74, 6) is 0.885. The van der Waals surface area contributed by atoms with Gasteiger partial charge in [0.1, 0.15) is 0 Å². The Kier molecular flexibility index (Phi) is 4.65. The SMILES string of the molecule is CCCC1CCN(CCN=[N+]=[N-])C1. The van der Waals surface area contributed by atoms with Gasteiger partial charge in [0.25, 0.3) is 0 Å². The van der Waals surface area contributed by atoms with Gasteiger partial charge in [-0.3, -0.25) is 0 Å². The molecule has 0 saturated carbocycles. The fourth-order valence-corrected chi connectivity index (χ4v) is 1.99. The summed E-state index contributed by atoms with van der Waals surface area (Å²) >= 11 is 0. The molecule has 0 aromatic carbocycles. The second kappa shape index (κ2) is 5.84. The smallest absolute Gasteiger partial charge is 0.0385 e. The molecule has 13 heavy (non-hydrogen) atoms. The van der Waals surface area contributed by atoms with Crippen LogP contribution >= 0.6 is 0 Å². The maximum Gasteiger partial charge on any atom is 0.0385 e. The number of likely N-dealkylation sites (tertiary alicyclic amines) is 1. The first-order valence-electron chi connectivity index (χ1n) is 5.10. The van der Waals surface area contributed by atoms with Crippen molar-refractivity contribution in [3.63, 3.8) is 0 Å². The van der Waals surface area contributed by atoms with E-state index in [1.165, 1.54) is 32.4 Å². The van der Waals surface area contributed by atoms with Crippen LogP contribution in [0.2, 0.25) is 0 Å². The van der Waals surface area contributed by atoms with E-state index in [1.807, 2.05) is 0 Å². The van der Waals surface area contributed by atoms with Crippen LogP contribution < -0.4 is 0 Å². The molecule has 4 heteroatoms. The van der Waals surface area contributed by atoms with Gasteiger partial charge in [-0.1, -0.05) is 18.5 Å². The topological polar surface area (TPSA) is 52.0 Å². The van der Waals surface area contributed by atoms with E-state index in [4.69, 9.17) is 5.53 Å². The first-order valence-corrected chi connectivity index (χ1v) is 5.10. The Labute approximate surface area is 79.5 Å². The zero-order valence-electron chi connectivity index (χ0n) is 8.32. The molecule has 0 aromatic heterocycles. The number of azide groups is 1. The Balaban J connectivity index is 2.13. The zero-order valence-corrected chi connectivity index (χ0v) is 8.32. The van der Waals surface area contributed by atoms with E-state index in [0.29, 0.717) is 6.54 Å². The second-order valence-corrected chi connectivity index (χ2v) is 3.70. The van der Waals surface area contributed by atoms with Crippen LogP contribution in [0.4, 0.5) is 0 Å². The summed E-state index contributed by atoms with van der Waals surface area (Å²) in [7, 11) is 0. The molecule has 1 heterocycles. The molecule has 0 amide bonds. The van der Waals surface area contributed by atoms with Crippen molar-refractivity contribution in [2.45, 2.75) is 26.2 Å². The highest BCUT2D eigenvalue weighted by Gasteiger charge is 2.20. The van der Waals surface area contributed by atoms with Crippen LogP contribution in [0, 0.1) is 5.92 Å². The van der Waals surface area contributed by atoms with Gasteiger partial charge in [0, 0.05) is 24.5 Å². The zero-order chi connectivity index (χ0) is 9.52. The molecule has 1 aliphatic rings. The molecular formula is C9H18N4. The molecule has 1 atom stereocenters. The van der Waals surface area contributed by atoms with Crippen LogP contribution in [-0.4, -0.2) is 31.1 Å². The van der Waals surface area contributed by atoms with Gasteiger partial charge >= 0.3 is 0 Å². The van der Waals surface area contributed by atoms with E-state index in [-0.39, 0.29) is 0 Å². The van der Waals surface area contributed by atoms with Crippen molar-refractivity contribution in [2.75, 3.05) is 26.2 Å². The summed E-state index contributed by atoms with van der Waals surface area (Å²) in [6, 6.07) is 0. The lowest BCUT2D eigenvalue weighted by molar-refractivity contribution is 0.329. The fourth-order valence-electron chi connectivity index (χ4n) is 1.99. The fraction of sp³-hybridized carbons (Fsp3) is 1.00. The summed E-state index contributed by atoms with van der Waals surface area (Å²) in [4.78, 5) is 5.15. The molecular weight excluding hydrogens is 164 g/mol. The first-order chi connectivity index (χ1) is 6.36. The summed E-state index contributed by atoms with van der Waals surface area (Å²) in [5.41, 5.74) is 8.12. The van der Waals surface area contributed by atoms with Gasteiger partial charge in [0.15, 0.2) is 0 Å². The van der Waals surface area contributed by atoms with Crippen LogP contribution in [0.1, 0.15) is 26.2 Å². The Morgan fingerprint density at radius 2 is 2.46 bits per heavy atom. The maximum atomic E-state index is 8.12. The molecule has 0 spiro atoms. The molecule has 0 bridgehead atoms. The van der Waals surface area contributed by atoms with Crippen LogP contribution in [0.3, 0.4) is 0 Å². The predicted molar refractivity (Wildman–Crippen MR) is 53.5 cm³/mol. The van der Waals surface area contributed by atoms with E-state index in [1.54, 1.807) is 0 Å². The normalized spacial score (nSPS) is 23.0. The van der Waals surface area contributed by atoms with Gasteiger partial charge in [-0.05, 0) is 30.8 Å². The molecule has 0 radical (unpaired) electrons. The van der Waals surface area contributed by atoms with Crippen molar-refractivity contribution in [1.82, 2.24) is 4.90 Å². The average molecular weight is 182 g/mol. The predicted octanol–water partition coefficient (Wildman–Crippen LogP) is 2.42. The molecule has 1 aliphatic heterocycles. The lowest BCUT2D eigenvalue weighted by Gasteiger charge is -2.13. The maximum absolute atomic E-state index is 8.12. The molecule has 1 saturated heterocycles. The minimum atomic E-state index is 0.620. The van der Waals surface area contributed by atoms with Crippen molar-refractivity contribution in [1.29, 1.82) is 0 Å². The van der Waals surface area contributed by atoms with Crippen LogP contribution in [0.25, 0.3) is 10.4 Å². The Morgan fingerprint density at radius 3 is 3.15 bits per heavy atom. The molecule has 1 unspecified atom stereocenters. The van der Waals surface area contributed by atoms with Crippen molar-refractivity contribution in [3.8, 4) is 0 Å². The van der Waals surface area contributed by atoms with Crippen molar-refractivity contribution in [2.24, 2.45) is 11.0 Å². The van der Waals surface area contributed by atoms with Gasteiger partial charge in [-0.2, -0.15) is 0 Å². The molecule has 1 fully saturated rings. The van der Waals surface area contributed by atoms with Crippen molar-refractivity contribution < 1.29 is 0 Å². The van der Waals surface area contributed by atoms with Crippen molar-refractivity contribution >= 4 is 0 Å². The lowest BCUT2D eigenvalue weighted by atomic mass is 10.0. The van der Waals surface area contributed by atoms with Gasteiger partial charge in [-0.15, -0.1) is 0 Å². The highest BCUT2D eigenvalue weighted by Crippen LogP contribution is 2.20. The summed E-state index contributed by atoms with van der Waals surface area (Å²) in [6.07, 6.45) is 3.96. The Bertz CT molecular complexity index is 186. The van der Waals surface area contributed by atoms with Gasteiger partial charge in [0.2, 0.25) is 0 Å². The summed E-state index contributed by atoms with van der Waals surface area (Å²) < 4.78 is 0. The minimum Gasteiger partial charge on any atom is -0.303 e. The molecule has 74 valence electrons. The van der Waals surface area contributed by atoms with E-state index >= 15 is 0 Å². The third-order valence-electron chi connectivity index (χ3n) is 2.65. The number of hydrogen-bond donors (Lipinski definition) is 0. The number of rotatable bonds is 5. The quantitative estimate of drug-likeness (QED) is 0.366. The molecule has 0 N–H and O–H groups in total. The van der Waals surface area contributed by atoms with Crippen molar-refractivity contribution in [3.05, 3.63) is 10.4 Å². The van der Waals surface area contributed by atoms with Gasteiger partial charge < -0.3 is 4.90 Å². The average Bonchev–Trinajstić information content (AvgIpc) is 2.54. The summed E-state index contributed by atoms with van der Waals surface area (Å²) in [6.45, 7) is 6.18. The van der Waals surface area contributed by atoms with Gasteiger partial charge in [-0.25, -0.2) is 0 Å². The highest BCUT2D eigenvalue weighted by molar-refractivity contribution is 4.75. The molecule has 0 aromatic rings. The molecule has 4 nitrogen and oxygen atoms in total. The lowest BCUT2D eigenvalue weighted by Crippen LogP contribution is -2.23. The number of hydrogen-bond acceptors (Lipinski definition) is 2. The minimum absolute atomic E-state index is 0.620. The Hall–Kier alpha value is -0.730. The van der Waals surface area contributed by atoms with E-state index in [9.17, 15) is 0 Å². The largest absolute Gasteiger partial charge is 0.303 e. The third-order valence-corrected chi connectivity index (χ3v) is 2.65. The van der Waals surface area contributed by atoms with E-state index in [2.05, 4.69) is 21.8 Å². The molecule has 1 rings (SSSR count). The second-order valence-electron chi connectivity index (χ2n) is 3.70. The highest BCUT2D eigenvalue weighted by atomic mass is 15.2. The summed E-state index contributed by atoms with van der Waals surface area (Å²) in [5, 5.41) is 3.55. The van der Waals surface area contributed by atoms with E-state index < -0.39 is 0 Å². The van der Waals surface area contributed by atoms with Crippen LogP contribution in [0.5, 0.6) is 0 Å². The van der Waals surface area contributed by atoms with Crippen LogP contribution in [-0.2, 0) is 0 Å². The van der Waals surface area contributed by atoms with Crippen LogP contribution in [0.15, 0.2) is 5.11 Å². The Morgan fingerprint density at radius 1 is 1.62 bits per heavy atom. The van der Waals surface area contributed by atoms with E-state index in [0.717, 1.165) is 12.5 Å². The molecule has 0 aliphatic carbocycles. The van der Waals surface area contributed by atoms with Gasteiger partial charge in [0.05, 0.1) is 0 Å². The standard InChI is InChI=1S/C9H18N4/c1-2-3-9-4-6-13(8-9)7-5-11-12-10/h9H,2-8H2,1H3. The first kappa shape index (κ1) is 10.4. The monoisotopic (exact) mass is 182 g/mol. The third kappa shape index (κ3) is 3.66. The number of nitrogens with zero attached hydrogens (tertiary/aromatic N) is 4.